The van der Waals surface area contributed by atoms with Gasteiger partial charge in [0.05, 0.1) is 32.3 Å². The van der Waals surface area contributed by atoms with Gasteiger partial charge in [-0.1, -0.05) is 110 Å². The third kappa shape index (κ3) is 14.5. The molecule has 2 atom stereocenters. The summed E-state index contributed by atoms with van der Waals surface area (Å²) in [5.41, 5.74) is -1.44. The molecule has 1 aliphatic rings. The molecule has 0 radical (unpaired) electrons. The second kappa shape index (κ2) is 22.8. The fourth-order valence-corrected chi connectivity index (χ4v) is 5.34. The Labute approximate surface area is 226 Å². The second-order valence-corrected chi connectivity index (χ2v) is 10.6. The minimum Gasteiger partial charge on any atom is -0.465 e. The van der Waals surface area contributed by atoms with E-state index in [0.29, 0.717) is 19.4 Å². The molecule has 7 heteroatoms. The molecule has 0 aromatic rings. The predicted molar refractivity (Wildman–Crippen MR) is 146 cm³/mol. The average Bonchev–Trinajstić information content (AvgIpc) is 2.92. The lowest BCUT2D eigenvalue weighted by atomic mass is 9.75. The number of ether oxygens (including phenoxy) is 3. The van der Waals surface area contributed by atoms with Crippen LogP contribution in [0.1, 0.15) is 135 Å². The summed E-state index contributed by atoms with van der Waals surface area (Å²) in [5.74, 6) is -1.83. The van der Waals surface area contributed by atoms with Crippen molar-refractivity contribution in [3.63, 3.8) is 0 Å². The zero-order valence-electron chi connectivity index (χ0n) is 23.7. The molecule has 0 aromatic carbocycles. The first-order chi connectivity index (χ1) is 18.1. The van der Waals surface area contributed by atoms with Crippen molar-refractivity contribution in [1.82, 2.24) is 0 Å². The zero-order valence-corrected chi connectivity index (χ0v) is 23.7. The van der Waals surface area contributed by atoms with Gasteiger partial charge in [0.1, 0.15) is 6.61 Å². The smallest absolute Gasteiger partial charge is 0.339 e. The van der Waals surface area contributed by atoms with Crippen LogP contribution in [-0.2, 0) is 23.8 Å². The van der Waals surface area contributed by atoms with Crippen LogP contribution in [0.4, 0.5) is 0 Å². The summed E-state index contributed by atoms with van der Waals surface area (Å²) in [6.45, 7) is 1.85. The number of unbranched alkanes of at least 4 members (excludes halogenated alkanes) is 15. The van der Waals surface area contributed by atoms with Crippen molar-refractivity contribution in [3.05, 3.63) is 0 Å². The number of aliphatic hydroxyl groups is 2. The maximum absolute atomic E-state index is 12.9. The van der Waals surface area contributed by atoms with Gasteiger partial charge in [-0.05, 0) is 25.7 Å². The first-order valence-electron chi connectivity index (χ1n) is 15.3. The van der Waals surface area contributed by atoms with Gasteiger partial charge in [0, 0.05) is 0 Å². The summed E-state index contributed by atoms with van der Waals surface area (Å²) in [7, 11) is 0. The van der Waals surface area contributed by atoms with Crippen LogP contribution in [-0.4, -0.2) is 60.8 Å². The van der Waals surface area contributed by atoms with Crippen LogP contribution in [0.5, 0.6) is 0 Å². The summed E-state index contributed by atoms with van der Waals surface area (Å²) < 4.78 is 16.4. The molecule has 0 saturated heterocycles. The minimum atomic E-state index is -1.44. The number of carbonyl (C=O) groups excluding carboxylic acids is 2. The molecule has 1 saturated carbocycles. The molecule has 218 valence electrons. The summed E-state index contributed by atoms with van der Waals surface area (Å²) >= 11 is 0. The Morgan fingerprint density at radius 3 is 1.70 bits per heavy atom. The molecule has 0 bridgehead atoms. The maximum Gasteiger partial charge on any atom is 0.339 e. The van der Waals surface area contributed by atoms with E-state index in [1.165, 1.54) is 83.5 Å². The number of hydrogen-bond acceptors (Lipinski definition) is 7. The van der Waals surface area contributed by atoms with E-state index < -0.39 is 23.5 Å². The Kier molecular flexibility index (Phi) is 20.8. The van der Waals surface area contributed by atoms with Gasteiger partial charge in [0.15, 0.2) is 5.60 Å². The van der Waals surface area contributed by atoms with Crippen LogP contribution in [0.2, 0.25) is 0 Å². The topological polar surface area (TPSA) is 102 Å². The molecule has 0 aliphatic heterocycles. The van der Waals surface area contributed by atoms with Gasteiger partial charge in [-0.15, -0.1) is 0 Å². The highest BCUT2D eigenvalue weighted by molar-refractivity contribution is 5.88. The van der Waals surface area contributed by atoms with Crippen molar-refractivity contribution in [2.75, 3.05) is 33.0 Å². The lowest BCUT2D eigenvalue weighted by molar-refractivity contribution is -0.198. The van der Waals surface area contributed by atoms with Crippen molar-refractivity contribution < 1.29 is 34.0 Å². The second-order valence-electron chi connectivity index (χ2n) is 10.6. The molecular weight excluding hydrogens is 472 g/mol. The van der Waals surface area contributed by atoms with Gasteiger partial charge >= 0.3 is 11.9 Å². The SMILES string of the molecule is CCCCCCCCCCCCCCCCCCOC(=O)C1CCCCC1(OCCO)C(=O)OCCO. The summed E-state index contributed by atoms with van der Waals surface area (Å²) in [4.78, 5) is 25.7. The van der Waals surface area contributed by atoms with Crippen LogP contribution in [0.3, 0.4) is 0 Å². The summed E-state index contributed by atoms with van der Waals surface area (Å²) in [6, 6.07) is 0. The van der Waals surface area contributed by atoms with E-state index in [0.717, 1.165) is 32.1 Å². The third-order valence-corrected chi connectivity index (χ3v) is 7.50. The zero-order chi connectivity index (χ0) is 27.0. The van der Waals surface area contributed by atoms with E-state index in [2.05, 4.69) is 6.92 Å². The van der Waals surface area contributed by atoms with Gasteiger partial charge in [-0.25, -0.2) is 4.79 Å². The van der Waals surface area contributed by atoms with E-state index in [-0.39, 0.29) is 26.4 Å². The van der Waals surface area contributed by atoms with Crippen molar-refractivity contribution in [1.29, 1.82) is 0 Å². The molecule has 2 N–H and O–H groups in total. The molecule has 0 amide bonds. The monoisotopic (exact) mass is 528 g/mol. The molecule has 1 rings (SSSR count). The Morgan fingerprint density at radius 1 is 0.676 bits per heavy atom. The van der Waals surface area contributed by atoms with Gasteiger partial charge < -0.3 is 24.4 Å². The number of hydrogen-bond donors (Lipinski definition) is 2. The van der Waals surface area contributed by atoms with Gasteiger partial charge in [0.25, 0.3) is 0 Å². The molecule has 37 heavy (non-hydrogen) atoms. The molecule has 1 aliphatic carbocycles. The summed E-state index contributed by atoms with van der Waals surface area (Å²) in [6.07, 6.45) is 23.0. The fourth-order valence-electron chi connectivity index (χ4n) is 5.34. The largest absolute Gasteiger partial charge is 0.465 e. The highest BCUT2D eigenvalue weighted by atomic mass is 16.6. The van der Waals surface area contributed by atoms with Gasteiger partial charge in [0.2, 0.25) is 0 Å². The van der Waals surface area contributed by atoms with E-state index in [1.54, 1.807) is 0 Å². The van der Waals surface area contributed by atoms with E-state index in [4.69, 9.17) is 19.3 Å². The predicted octanol–water partition coefficient (Wildman–Crippen LogP) is 6.26. The van der Waals surface area contributed by atoms with Crippen LogP contribution in [0.15, 0.2) is 0 Å². The highest BCUT2D eigenvalue weighted by Gasteiger charge is 2.53. The standard InChI is InChI=1S/C30H56O7/c1-2-3-4-5-6-7-8-9-10-11-12-13-14-15-16-19-24-35-28(33)27-20-17-18-21-30(27,37-26-23-32)29(34)36-25-22-31/h27,31-32H,2-26H2,1H3. The lowest BCUT2D eigenvalue weighted by Crippen LogP contribution is -2.55. The molecule has 0 spiro atoms. The van der Waals surface area contributed by atoms with Gasteiger partial charge in [-0.2, -0.15) is 0 Å². The average molecular weight is 529 g/mol. The first-order valence-corrected chi connectivity index (χ1v) is 15.3. The van der Waals surface area contributed by atoms with Gasteiger partial charge in [-0.3, -0.25) is 4.79 Å². The highest BCUT2D eigenvalue weighted by Crippen LogP contribution is 2.39. The third-order valence-electron chi connectivity index (χ3n) is 7.50. The Hall–Kier alpha value is -1.18. The lowest BCUT2D eigenvalue weighted by Gasteiger charge is -2.40. The Balaban J connectivity index is 2.16. The first kappa shape index (κ1) is 33.8. The van der Waals surface area contributed by atoms with Crippen molar-refractivity contribution >= 4 is 11.9 Å². The van der Waals surface area contributed by atoms with Crippen LogP contribution in [0.25, 0.3) is 0 Å². The van der Waals surface area contributed by atoms with E-state index >= 15 is 0 Å². The molecule has 0 heterocycles. The van der Waals surface area contributed by atoms with Crippen molar-refractivity contribution in [2.45, 2.75) is 141 Å². The molecule has 7 nitrogen and oxygen atoms in total. The number of carbonyl (C=O) groups is 2. The fraction of sp³-hybridized carbons (Fsp3) is 0.933. The Bertz CT molecular complexity index is 568. The molecule has 0 aromatic heterocycles. The van der Waals surface area contributed by atoms with E-state index in [1.807, 2.05) is 0 Å². The maximum atomic E-state index is 12.9. The van der Waals surface area contributed by atoms with Crippen molar-refractivity contribution in [2.24, 2.45) is 5.92 Å². The normalized spacial score (nSPS) is 19.6. The number of esters is 2. The summed E-state index contributed by atoms with van der Waals surface area (Å²) in [5, 5.41) is 18.2. The van der Waals surface area contributed by atoms with Crippen LogP contribution < -0.4 is 0 Å². The minimum absolute atomic E-state index is 0.0584. The molecule has 1 fully saturated rings. The Morgan fingerprint density at radius 2 is 1.19 bits per heavy atom. The number of aliphatic hydroxyl groups excluding tert-OH is 2. The quantitative estimate of drug-likeness (QED) is 0.112. The van der Waals surface area contributed by atoms with Crippen molar-refractivity contribution in [3.8, 4) is 0 Å². The van der Waals surface area contributed by atoms with Crippen LogP contribution >= 0.6 is 0 Å². The number of rotatable bonds is 24. The molecule has 2 unspecified atom stereocenters. The molecular formula is C30H56O7. The van der Waals surface area contributed by atoms with E-state index in [9.17, 15) is 14.7 Å². The van der Waals surface area contributed by atoms with Crippen LogP contribution in [0, 0.1) is 5.92 Å².